The number of aromatic nitrogens is 2. The van der Waals surface area contributed by atoms with E-state index in [9.17, 15) is 24.6 Å². The van der Waals surface area contributed by atoms with Gasteiger partial charge < -0.3 is 25.8 Å². The molecule has 0 spiro atoms. The Labute approximate surface area is 178 Å². The van der Waals surface area contributed by atoms with E-state index < -0.39 is 36.0 Å². The van der Waals surface area contributed by atoms with Crippen LogP contribution in [0.25, 0.3) is 21.8 Å². The number of rotatable bonds is 8. The van der Waals surface area contributed by atoms with Gasteiger partial charge >= 0.3 is 5.97 Å². The Bertz CT molecular complexity index is 1120. The molecule has 0 bridgehead atoms. The maximum atomic E-state index is 12.9. The third kappa shape index (κ3) is 5.00. The zero-order valence-electron chi connectivity index (χ0n) is 17.5. The first kappa shape index (κ1) is 22.2. The van der Waals surface area contributed by atoms with E-state index in [4.69, 9.17) is 0 Å². The van der Waals surface area contributed by atoms with Gasteiger partial charge in [0, 0.05) is 16.3 Å². The number of benzene rings is 1. The number of hydrogen-bond acceptors (Lipinski definition) is 5. The molecule has 9 heteroatoms. The third-order valence-corrected chi connectivity index (χ3v) is 5.00. The van der Waals surface area contributed by atoms with Crippen molar-refractivity contribution in [2.45, 2.75) is 45.4 Å². The molecule has 0 saturated heterocycles. The number of pyridine rings is 1. The highest BCUT2D eigenvalue weighted by Gasteiger charge is 2.30. The predicted molar refractivity (Wildman–Crippen MR) is 116 cm³/mol. The summed E-state index contributed by atoms with van der Waals surface area (Å²) in [5.41, 5.74) is 1.85. The Morgan fingerprint density at radius 2 is 1.77 bits per heavy atom. The van der Waals surface area contributed by atoms with Crippen LogP contribution >= 0.6 is 0 Å². The maximum Gasteiger partial charge on any atom is 0.328 e. The smallest absolute Gasteiger partial charge is 0.328 e. The molecule has 31 heavy (non-hydrogen) atoms. The van der Waals surface area contributed by atoms with Crippen LogP contribution in [0.3, 0.4) is 0 Å². The topological polar surface area (TPSA) is 144 Å². The maximum absolute atomic E-state index is 12.9. The van der Waals surface area contributed by atoms with Gasteiger partial charge in [-0.3, -0.25) is 9.59 Å². The zero-order chi connectivity index (χ0) is 22.7. The fraction of sp³-hybridized carbons (Fsp3) is 0.364. The van der Waals surface area contributed by atoms with Crippen LogP contribution in [0, 0.1) is 5.92 Å². The van der Waals surface area contributed by atoms with Gasteiger partial charge in [-0.15, -0.1) is 0 Å². The Morgan fingerprint density at radius 3 is 2.42 bits per heavy atom. The number of hydrogen-bond donors (Lipinski definition) is 5. The Hall–Kier alpha value is -3.46. The zero-order valence-corrected chi connectivity index (χ0v) is 17.5. The van der Waals surface area contributed by atoms with Crippen molar-refractivity contribution in [3.8, 4) is 0 Å². The van der Waals surface area contributed by atoms with Gasteiger partial charge in [0.05, 0.1) is 17.8 Å². The van der Waals surface area contributed by atoms with Crippen molar-refractivity contribution in [3.05, 3.63) is 42.2 Å². The molecule has 0 aliphatic rings. The average Bonchev–Trinajstić information content (AvgIpc) is 3.08. The first-order chi connectivity index (χ1) is 14.7. The van der Waals surface area contributed by atoms with E-state index in [-0.39, 0.29) is 11.6 Å². The molecule has 164 valence electrons. The highest BCUT2D eigenvalue weighted by Crippen LogP contribution is 2.25. The van der Waals surface area contributed by atoms with Gasteiger partial charge in [0.15, 0.2) is 6.04 Å². The first-order valence-corrected chi connectivity index (χ1v) is 10.1. The number of aromatic amines is 1. The molecule has 3 aromatic rings. The number of fused-ring (bicyclic) bond motifs is 3. The number of amides is 2. The van der Waals surface area contributed by atoms with Gasteiger partial charge in [-0.25, -0.2) is 9.78 Å². The van der Waals surface area contributed by atoms with Crippen molar-refractivity contribution in [1.82, 2.24) is 20.6 Å². The molecule has 2 heterocycles. The highest BCUT2D eigenvalue weighted by atomic mass is 16.4. The summed E-state index contributed by atoms with van der Waals surface area (Å²) in [6, 6.07) is 6.88. The van der Waals surface area contributed by atoms with Crippen molar-refractivity contribution >= 4 is 39.6 Å². The second-order valence-corrected chi connectivity index (χ2v) is 8.01. The van der Waals surface area contributed by atoms with Gasteiger partial charge in [-0.1, -0.05) is 32.0 Å². The minimum Gasteiger partial charge on any atom is -0.480 e. The van der Waals surface area contributed by atoms with Crippen molar-refractivity contribution in [3.63, 3.8) is 0 Å². The van der Waals surface area contributed by atoms with Crippen LogP contribution in [0.1, 0.15) is 37.7 Å². The van der Waals surface area contributed by atoms with E-state index in [1.54, 1.807) is 12.3 Å². The van der Waals surface area contributed by atoms with Gasteiger partial charge in [-0.05, 0) is 31.4 Å². The second-order valence-electron chi connectivity index (χ2n) is 8.01. The molecular formula is C22H26N4O5. The van der Waals surface area contributed by atoms with Crippen LogP contribution in [0.15, 0.2) is 36.5 Å². The van der Waals surface area contributed by atoms with E-state index in [2.05, 4.69) is 20.6 Å². The Kier molecular flexibility index (Phi) is 6.55. The van der Waals surface area contributed by atoms with Gasteiger partial charge in [0.1, 0.15) is 11.7 Å². The molecule has 5 N–H and O–H groups in total. The van der Waals surface area contributed by atoms with E-state index >= 15 is 0 Å². The number of para-hydroxylation sites is 1. The molecule has 0 fully saturated rings. The number of carbonyl (C=O) groups is 3. The summed E-state index contributed by atoms with van der Waals surface area (Å²) in [5.74, 6) is -2.53. The Balaban J connectivity index is 1.83. The normalized spacial score (nSPS) is 14.4. The van der Waals surface area contributed by atoms with E-state index in [0.717, 1.165) is 21.8 Å². The fourth-order valence-corrected chi connectivity index (χ4v) is 3.45. The van der Waals surface area contributed by atoms with Gasteiger partial charge in [0.2, 0.25) is 5.91 Å². The minimum atomic E-state index is -1.47. The lowest BCUT2D eigenvalue weighted by Crippen LogP contribution is -2.55. The molecule has 0 aliphatic carbocycles. The van der Waals surface area contributed by atoms with E-state index in [1.807, 2.05) is 38.1 Å². The summed E-state index contributed by atoms with van der Waals surface area (Å²) in [4.78, 5) is 44.3. The predicted octanol–water partition coefficient (Wildman–Crippen LogP) is 1.81. The van der Waals surface area contributed by atoms with Crippen LogP contribution < -0.4 is 10.6 Å². The molecule has 0 aliphatic heterocycles. The largest absolute Gasteiger partial charge is 0.480 e. The van der Waals surface area contributed by atoms with E-state index in [0.29, 0.717) is 6.42 Å². The quantitative estimate of drug-likeness (QED) is 0.372. The number of carbonyl (C=O) groups excluding carboxylic acids is 2. The number of aliphatic carboxylic acids is 1. The number of nitrogens with zero attached hydrogens (tertiary/aromatic N) is 1. The van der Waals surface area contributed by atoms with Crippen LogP contribution in [0.2, 0.25) is 0 Å². The monoisotopic (exact) mass is 426 g/mol. The number of nitrogens with one attached hydrogen (secondary N) is 3. The van der Waals surface area contributed by atoms with Crippen LogP contribution in [-0.2, 0) is 9.59 Å². The molecule has 0 radical (unpaired) electrons. The number of aliphatic hydroxyl groups excluding tert-OH is 1. The number of carboxylic acid groups (broad SMARTS) is 1. The number of carboxylic acids is 1. The first-order valence-electron chi connectivity index (χ1n) is 10.1. The lowest BCUT2D eigenvalue weighted by Gasteiger charge is -2.23. The molecule has 9 nitrogen and oxygen atoms in total. The standard InChI is InChI=1S/C22H26N4O5/c1-11(2)8-17(21(29)26-19(12(3)27)22(30)31)25-20(28)16-9-14-13-6-4-5-7-15(13)24-18(14)10-23-16/h4-7,9-12,17,19,24,27H,8H2,1-3H3,(H,25,28)(H,26,29)(H,30,31). The summed E-state index contributed by atoms with van der Waals surface area (Å²) in [7, 11) is 0. The van der Waals surface area contributed by atoms with Crippen molar-refractivity contribution in [2.24, 2.45) is 5.92 Å². The van der Waals surface area contributed by atoms with Gasteiger partial charge in [-0.2, -0.15) is 0 Å². The summed E-state index contributed by atoms with van der Waals surface area (Å²) in [5, 5.41) is 25.6. The average molecular weight is 426 g/mol. The van der Waals surface area contributed by atoms with Crippen molar-refractivity contribution < 1.29 is 24.6 Å². The summed E-state index contributed by atoms with van der Waals surface area (Å²) in [6.45, 7) is 5.04. The summed E-state index contributed by atoms with van der Waals surface area (Å²) in [6.07, 6.45) is 0.567. The van der Waals surface area contributed by atoms with E-state index in [1.165, 1.54) is 6.92 Å². The molecule has 2 amide bonds. The lowest BCUT2D eigenvalue weighted by molar-refractivity contribution is -0.145. The second kappa shape index (κ2) is 9.13. The van der Waals surface area contributed by atoms with Crippen molar-refractivity contribution in [1.29, 1.82) is 0 Å². The summed E-state index contributed by atoms with van der Waals surface area (Å²) < 4.78 is 0. The third-order valence-electron chi connectivity index (χ3n) is 5.00. The summed E-state index contributed by atoms with van der Waals surface area (Å²) >= 11 is 0. The molecule has 2 aromatic heterocycles. The SMILES string of the molecule is CC(C)CC(NC(=O)c1cc2c(cn1)[nH]c1ccccc12)C(=O)NC(C(=O)O)C(C)O. The molecule has 3 rings (SSSR count). The Morgan fingerprint density at radius 1 is 1.06 bits per heavy atom. The van der Waals surface area contributed by atoms with Crippen LogP contribution in [-0.4, -0.2) is 56.2 Å². The molecule has 1 aromatic carbocycles. The van der Waals surface area contributed by atoms with Crippen LogP contribution in [0.5, 0.6) is 0 Å². The van der Waals surface area contributed by atoms with Crippen LogP contribution in [0.4, 0.5) is 0 Å². The molecule has 0 saturated carbocycles. The number of aliphatic hydroxyl groups is 1. The van der Waals surface area contributed by atoms with Crippen molar-refractivity contribution in [2.75, 3.05) is 0 Å². The number of H-pyrrole nitrogens is 1. The highest BCUT2D eigenvalue weighted by molar-refractivity contribution is 6.09. The molecular weight excluding hydrogens is 400 g/mol. The minimum absolute atomic E-state index is 0.0509. The molecule has 3 atom stereocenters. The van der Waals surface area contributed by atoms with Gasteiger partial charge in [0.25, 0.3) is 5.91 Å². The molecule has 3 unspecified atom stereocenters. The lowest BCUT2D eigenvalue weighted by atomic mass is 10.0. The fourth-order valence-electron chi connectivity index (χ4n) is 3.45.